The zero-order valence-corrected chi connectivity index (χ0v) is 19.8. The molecule has 0 aliphatic heterocycles. The molecule has 172 valence electrons. The molecule has 1 N–H and O–H groups in total. The molecule has 5 aromatic rings. The third kappa shape index (κ3) is 3.94. The zero-order valence-electron chi connectivity index (χ0n) is 19.0. The highest BCUT2D eigenvalue weighted by atomic mass is 32.2. The molecule has 0 saturated carbocycles. The monoisotopic (exact) mass is 473 g/mol. The molecule has 0 saturated heterocycles. The molecule has 5 rings (SSSR count). The van der Waals surface area contributed by atoms with Gasteiger partial charge in [0.15, 0.2) is 0 Å². The first-order valence-corrected chi connectivity index (χ1v) is 12.3. The number of ether oxygens (including phenoxy) is 1. The average Bonchev–Trinajstić information content (AvgIpc) is 3.27. The van der Waals surface area contributed by atoms with Crippen molar-refractivity contribution in [3.8, 4) is 11.6 Å². The maximum absolute atomic E-state index is 12.9. The number of rotatable bonds is 6. The first-order chi connectivity index (χ1) is 16.4. The third-order valence-electron chi connectivity index (χ3n) is 5.54. The molecule has 0 radical (unpaired) electrons. The second-order valence-electron chi connectivity index (χ2n) is 8.04. The molecule has 2 aromatic heterocycles. The van der Waals surface area contributed by atoms with Crippen molar-refractivity contribution in [1.29, 1.82) is 0 Å². The summed E-state index contributed by atoms with van der Waals surface area (Å²) in [5.74, 6) is 1.64. The van der Waals surface area contributed by atoms with Crippen LogP contribution in [0.1, 0.15) is 23.9 Å². The van der Waals surface area contributed by atoms with Gasteiger partial charge >= 0.3 is 0 Å². The van der Waals surface area contributed by atoms with Crippen LogP contribution in [0, 0.1) is 13.8 Å². The van der Waals surface area contributed by atoms with Crippen molar-refractivity contribution in [2.45, 2.75) is 32.1 Å². The van der Waals surface area contributed by atoms with Crippen molar-refractivity contribution in [1.82, 2.24) is 19.6 Å². The van der Waals surface area contributed by atoms with E-state index in [2.05, 4.69) is 19.9 Å². The molecule has 0 amide bonds. The lowest BCUT2D eigenvalue weighted by Crippen LogP contribution is -2.14. The zero-order chi connectivity index (χ0) is 23.9. The third-order valence-corrected chi connectivity index (χ3v) is 7.06. The number of para-hydroxylation sites is 2. The Hall–Kier alpha value is -3.98. The van der Waals surface area contributed by atoms with Gasteiger partial charge in [-0.2, -0.15) is 0 Å². The molecular formula is C25H23N5O3S. The highest BCUT2D eigenvalue weighted by Crippen LogP contribution is 2.29. The number of anilines is 1. The van der Waals surface area contributed by atoms with E-state index in [4.69, 9.17) is 4.74 Å². The summed E-state index contributed by atoms with van der Waals surface area (Å²) in [4.78, 5) is 4.89. The van der Waals surface area contributed by atoms with Crippen molar-refractivity contribution in [3.05, 3.63) is 83.7 Å². The van der Waals surface area contributed by atoms with Gasteiger partial charge in [0.25, 0.3) is 15.9 Å². The number of aryl methyl sites for hydroxylation is 3. The molecule has 0 aliphatic carbocycles. The second kappa shape index (κ2) is 8.42. The molecule has 0 spiro atoms. The van der Waals surface area contributed by atoms with Crippen molar-refractivity contribution >= 4 is 32.4 Å². The van der Waals surface area contributed by atoms with Gasteiger partial charge in [-0.3, -0.25) is 9.12 Å². The van der Waals surface area contributed by atoms with E-state index in [9.17, 15) is 8.42 Å². The summed E-state index contributed by atoms with van der Waals surface area (Å²) in [7, 11) is -3.72. The smallest absolute Gasteiger partial charge is 0.266 e. The Balaban J connectivity index is 1.45. The summed E-state index contributed by atoms with van der Waals surface area (Å²) < 4.78 is 36.4. The summed E-state index contributed by atoms with van der Waals surface area (Å²) in [6.45, 7) is 5.65. The van der Waals surface area contributed by atoms with Crippen LogP contribution < -0.4 is 9.46 Å². The fourth-order valence-corrected chi connectivity index (χ4v) is 5.21. The molecule has 0 fully saturated rings. The highest BCUT2D eigenvalue weighted by Gasteiger charge is 2.18. The van der Waals surface area contributed by atoms with Gasteiger partial charge < -0.3 is 4.74 Å². The van der Waals surface area contributed by atoms with E-state index in [1.807, 2.05) is 48.6 Å². The van der Waals surface area contributed by atoms with Gasteiger partial charge in [0, 0.05) is 12.1 Å². The van der Waals surface area contributed by atoms with Crippen LogP contribution >= 0.6 is 0 Å². The normalized spacial score (nSPS) is 11.7. The van der Waals surface area contributed by atoms with Crippen molar-refractivity contribution in [2.75, 3.05) is 4.72 Å². The maximum Gasteiger partial charge on any atom is 0.266 e. The highest BCUT2D eigenvalue weighted by molar-refractivity contribution is 7.92. The summed E-state index contributed by atoms with van der Waals surface area (Å²) in [5.41, 5.74) is 4.18. The van der Waals surface area contributed by atoms with Crippen molar-refractivity contribution in [3.63, 3.8) is 0 Å². The topological polar surface area (TPSA) is 98.5 Å². The standard InChI is InChI=1S/C25H23N5O3S/c1-4-23-27-28-24-25(26-20-7-5-6-8-21(20)30(23)24)33-19-13-11-18(12-14-19)29-34(31,32)22-15-16(2)9-10-17(22)3/h5-15,29H,4H2,1-3H3. The van der Waals surface area contributed by atoms with Gasteiger partial charge in [0.05, 0.1) is 15.9 Å². The SMILES string of the molecule is CCc1nnc2c(Oc3ccc(NS(=O)(=O)c4cc(C)ccc4C)cc3)nc3ccccc3n12. The minimum Gasteiger partial charge on any atom is -0.436 e. The van der Waals surface area contributed by atoms with Crippen LogP contribution in [0.2, 0.25) is 0 Å². The molecule has 9 heteroatoms. The predicted octanol–water partition coefficient (Wildman–Crippen LogP) is 5.05. The first-order valence-electron chi connectivity index (χ1n) is 10.9. The summed E-state index contributed by atoms with van der Waals surface area (Å²) in [6.07, 6.45) is 0.712. The molecule has 3 aromatic carbocycles. The van der Waals surface area contributed by atoms with Crippen LogP contribution in [0.25, 0.3) is 16.7 Å². The molecule has 34 heavy (non-hydrogen) atoms. The lowest BCUT2D eigenvalue weighted by atomic mass is 10.2. The van der Waals surface area contributed by atoms with E-state index in [0.29, 0.717) is 34.9 Å². The second-order valence-corrected chi connectivity index (χ2v) is 9.69. The Labute approximate surface area is 197 Å². The van der Waals surface area contributed by atoms with E-state index in [0.717, 1.165) is 22.4 Å². The molecular weight excluding hydrogens is 450 g/mol. The lowest BCUT2D eigenvalue weighted by Gasteiger charge is -2.12. The fraction of sp³-hybridized carbons (Fsp3) is 0.160. The average molecular weight is 474 g/mol. The number of benzene rings is 3. The quantitative estimate of drug-likeness (QED) is 0.371. The lowest BCUT2D eigenvalue weighted by molar-refractivity contribution is 0.467. The number of nitrogens with one attached hydrogen (secondary N) is 1. The van der Waals surface area contributed by atoms with Gasteiger partial charge in [-0.1, -0.05) is 31.2 Å². The summed E-state index contributed by atoms with van der Waals surface area (Å²) >= 11 is 0. The Bertz CT molecular complexity index is 1630. The molecule has 0 unspecified atom stereocenters. The first kappa shape index (κ1) is 21.8. The van der Waals surface area contributed by atoms with E-state index in [-0.39, 0.29) is 4.90 Å². The van der Waals surface area contributed by atoms with Gasteiger partial charge in [-0.15, -0.1) is 10.2 Å². The van der Waals surface area contributed by atoms with E-state index in [1.54, 1.807) is 43.3 Å². The van der Waals surface area contributed by atoms with Gasteiger partial charge in [-0.25, -0.2) is 13.4 Å². The largest absolute Gasteiger partial charge is 0.436 e. The van der Waals surface area contributed by atoms with Gasteiger partial charge in [0.1, 0.15) is 11.6 Å². The van der Waals surface area contributed by atoms with Crippen LogP contribution in [0.4, 0.5) is 5.69 Å². The number of hydrogen-bond donors (Lipinski definition) is 1. The summed E-state index contributed by atoms with van der Waals surface area (Å²) in [6, 6.07) is 19.8. The van der Waals surface area contributed by atoms with E-state index >= 15 is 0 Å². The summed E-state index contributed by atoms with van der Waals surface area (Å²) in [5, 5.41) is 8.56. The Morgan fingerprint density at radius 1 is 0.971 bits per heavy atom. The Morgan fingerprint density at radius 3 is 2.50 bits per heavy atom. The number of fused-ring (bicyclic) bond motifs is 3. The molecule has 8 nitrogen and oxygen atoms in total. The molecule has 0 bridgehead atoms. The molecule has 2 heterocycles. The Morgan fingerprint density at radius 2 is 1.74 bits per heavy atom. The van der Waals surface area contributed by atoms with Crippen LogP contribution in [0.3, 0.4) is 0 Å². The van der Waals surface area contributed by atoms with Crippen LogP contribution in [-0.2, 0) is 16.4 Å². The number of nitrogens with zero attached hydrogens (tertiary/aromatic N) is 4. The number of aromatic nitrogens is 4. The van der Waals surface area contributed by atoms with Crippen molar-refractivity contribution in [2.24, 2.45) is 0 Å². The van der Waals surface area contributed by atoms with Gasteiger partial charge in [0.2, 0.25) is 5.65 Å². The van der Waals surface area contributed by atoms with Crippen LogP contribution in [0.15, 0.2) is 71.6 Å². The Kier molecular flexibility index (Phi) is 5.41. The number of sulfonamides is 1. The predicted molar refractivity (Wildman–Crippen MR) is 131 cm³/mol. The van der Waals surface area contributed by atoms with Gasteiger partial charge in [-0.05, 0) is 67.4 Å². The minimum absolute atomic E-state index is 0.258. The van der Waals surface area contributed by atoms with E-state index in [1.165, 1.54) is 0 Å². The van der Waals surface area contributed by atoms with Crippen molar-refractivity contribution < 1.29 is 13.2 Å². The van der Waals surface area contributed by atoms with E-state index < -0.39 is 10.0 Å². The minimum atomic E-state index is -3.72. The fourth-order valence-electron chi connectivity index (χ4n) is 3.82. The van der Waals surface area contributed by atoms with Crippen LogP contribution in [0.5, 0.6) is 11.6 Å². The molecule has 0 atom stereocenters. The van der Waals surface area contributed by atoms with Crippen LogP contribution in [-0.4, -0.2) is 28.0 Å². The maximum atomic E-state index is 12.9. The molecule has 0 aliphatic rings. The number of hydrogen-bond acceptors (Lipinski definition) is 6.